The van der Waals surface area contributed by atoms with E-state index in [2.05, 4.69) is 0 Å². The number of fused-ring (bicyclic) bond motifs is 1. The molecule has 0 atom stereocenters. The molecule has 0 bridgehead atoms. The third-order valence-corrected chi connectivity index (χ3v) is 4.95. The second-order valence-corrected chi connectivity index (χ2v) is 6.83. The molecule has 1 saturated carbocycles. The second kappa shape index (κ2) is 7.38. The molecule has 0 aliphatic heterocycles. The Balaban J connectivity index is 1.70. The van der Waals surface area contributed by atoms with Crippen LogP contribution in [-0.2, 0) is 6.54 Å². The molecule has 6 nitrogen and oxygen atoms in total. The first-order valence-corrected chi connectivity index (χ1v) is 9.15. The average molecular weight is 379 g/mol. The van der Waals surface area contributed by atoms with Gasteiger partial charge in [0, 0.05) is 17.0 Å². The van der Waals surface area contributed by atoms with E-state index in [1.54, 1.807) is 37.3 Å². The highest BCUT2D eigenvalue weighted by Crippen LogP contribution is 2.33. The number of rotatable bonds is 6. The van der Waals surface area contributed by atoms with Crippen molar-refractivity contribution >= 4 is 16.9 Å². The number of carbonyl (C=O) groups is 1. The highest BCUT2D eigenvalue weighted by atomic mass is 16.5. The normalized spacial score (nSPS) is 13.4. The molecule has 1 aromatic heterocycles. The summed E-state index contributed by atoms with van der Waals surface area (Å²) in [7, 11) is 3.18. The lowest BCUT2D eigenvalue weighted by Crippen LogP contribution is -2.35. The van der Waals surface area contributed by atoms with Crippen molar-refractivity contribution in [3.63, 3.8) is 0 Å². The van der Waals surface area contributed by atoms with Crippen molar-refractivity contribution in [2.24, 2.45) is 0 Å². The number of amides is 1. The predicted molar refractivity (Wildman–Crippen MR) is 105 cm³/mol. The number of nitrogens with zero attached hydrogens (tertiary/aromatic N) is 1. The zero-order valence-corrected chi connectivity index (χ0v) is 15.8. The molecule has 144 valence electrons. The first-order valence-electron chi connectivity index (χ1n) is 9.15. The number of ether oxygens (including phenoxy) is 2. The van der Waals surface area contributed by atoms with Gasteiger partial charge in [0.2, 0.25) is 0 Å². The molecular formula is C22H21NO5. The summed E-state index contributed by atoms with van der Waals surface area (Å²) in [5.41, 5.74) is 0.725. The number of hydrogen-bond donors (Lipinski definition) is 0. The molecule has 6 heteroatoms. The van der Waals surface area contributed by atoms with Crippen LogP contribution in [0.5, 0.6) is 11.5 Å². The summed E-state index contributed by atoms with van der Waals surface area (Å²) >= 11 is 0. The minimum Gasteiger partial charge on any atom is -0.497 e. The Morgan fingerprint density at radius 3 is 2.61 bits per heavy atom. The van der Waals surface area contributed by atoms with Crippen LogP contribution >= 0.6 is 0 Å². The third-order valence-electron chi connectivity index (χ3n) is 4.95. The summed E-state index contributed by atoms with van der Waals surface area (Å²) < 4.78 is 16.1. The van der Waals surface area contributed by atoms with E-state index in [1.165, 1.54) is 0 Å². The van der Waals surface area contributed by atoms with Gasteiger partial charge in [-0.25, -0.2) is 4.79 Å². The maximum Gasteiger partial charge on any atom is 0.349 e. The first-order chi connectivity index (χ1) is 13.6. The first kappa shape index (κ1) is 18.1. The van der Waals surface area contributed by atoms with Gasteiger partial charge >= 0.3 is 5.63 Å². The van der Waals surface area contributed by atoms with Crippen molar-refractivity contribution in [1.82, 2.24) is 4.90 Å². The monoisotopic (exact) mass is 379 g/mol. The largest absolute Gasteiger partial charge is 0.497 e. The second-order valence-electron chi connectivity index (χ2n) is 6.83. The summed E-state index contributed by atoms with van der Waals surface area (Å²) in [6.45, 7) is 0.330. The SMILES string of the molecule is COc1ccc(OC)c(CN(C(=O)c2cc3ccccc3oc2=O)C2CC2)c1. The van der Waals surface area contributed by atoms with Gasteiger partial charge in [0.1, 0.15) is 22.6 Å². The lowest BCUT2D eigenvalue weighted by atomic mass is 10.1. The van der Waals surface area contributed by atoms with E-state index in [0.717, 1.165) is 23.8 Å². The fraction of sp³-hybridized carbons (Fsp3) is 0.273. The molecule has 1 heterocycles. The molecule has 1 aliphatic rings. The molecule has 3 aromatic rings. The van der Waals surface area contributed by atoms with E-state index < -0.39 is 5.63 Å². The maximum absolute atomic E-state index is 13.2. The van der Waals surface area contributed by atoms with Crippen LogP contribution in [0.4, 0.5) is 0 Å². The van der Waals surface area contributed by atoms with Crippen LogP contribution in [-0.4, -0.2) is 31.1 Å². The number of para-hydroxylation sites is 1. The maximum atomic E-state index is 13.2. The van der Waals surface area contributed by atoms with Crippen LogP contribution in [0.2, 0.25) is 0 Å². The van der Waals surface area contributed by atoms with Gasteiger partial charge in [-0.05, 0) is 43.2 Å². The Bertz CT molecular complexity index is 1080. The topological polar surface area (TPSA) is 69.0 Å². The lowest BCUT2D eigenvalue weighted by molar-refractivity contribution is 0.0724. The fourth-order valence-corrected chi connectivity index (χ4v) is 3.31. The number of benzene rings is 2. The molecule has 4 rings (SSSR count). The number of methoxy groups -OCH3 is 2. The van der Waals surface area contributed by atoms with Crippen molar-refractivity contribution < 1.29 is 18.7 Å². The summed E-state index contributed by atoms with van der Waals surface area (Å²) in [6, 6.07) is 14.4. The van der Waals surface area contributed by atoms with E-state index in [1.807, 2.05) is 30.3 Å². The lowest BCUT2D eigenvalue weighted by Gasteiger charge is -2.23. The molecule has 0 unspecified atom stereocenters. The molecule has 0 N–H and O–H groups in total. The molecule has 1 amide bonds. The zero-order valence-electron chi connectivity index (χ0n) is 15.8. The van der Waals surface area contributed by atoms with Crippen molar-refractivity contribution in [3.05, 3.63) is 70.1 Å². The Morgan fingerprint density at radius 2 is 1.89 bits per heavy atom. The van der Waals surface area contributed by atoms with Crippen LogP contribution < -0.4 is 15.1 Å². The van der Waals surface area contributed by atoms with Crippen molar-refractivity contribution in [2.45, 2.75) is 25.4 Å². The molecule has 0 saturated heterocycles. The van der Waals surface area contributed by atoms with E-state index in [0.29, 0.717) is 23.6 Å². The molecule has 0 spiro atoms. The van der Waals surface area contributed by atoms with Crippen LogP contribution in [0, 0.1) is 0 Å². The predicted octanol–water partition coefficient (Wildman–Crippen LogP) is 3.62. The summed E-state index contributed by atoms with van der Waals surface area (Å²) in [6.07, 6.45) is 1.83. The summed E-state index contributed by atoms with van der Waals surface area (Å²) in [5.74, 6) is 1.03. The highest BCUT2D eigenvalue weighted by Gasteiger charge is 2.35. The Hall–Kier alpha value is -3.28. The van der Waals surface area contributed by atoms with E-state index in [9.17, 15) is 9.59 Å². The Labute approximate surface area is 162 Å². The minimum absolute atomic E-state index is 0.0486. The minimum atomic E-state index is -0.619. The van der Waals surface area contributed by atoms with Crippen molar-refractivity contribution in [2.75, 3.05) is 14.2 Å². The standard InChI is InChI=1S/C22H21NO5/c1-26-17-9-10-19(27-2)15(11-17)13-23(16-7-8-16)21(24)18-12-14-5-3-4-6-20(14)28-22(18)25/h3-6,9-12,16H,7-8,13H2,1-2H3. The van der Waals surface area contributed by atoms with Gasteiger partial charge in [0.25, 0.3) is 5.91 Å². The summed E-state index contributed by atoms with van der Waals surface area (Å²) in [5, 5.41) is 0.722. The van der Waals surface area contributed by atoms with Crippen LogP contribution in [0.1, 0.15) is 28.8 Å². The van der Waals surface area contributed by atoms with E-state index in [4.69, 9.17) is 13.9 Å². The highest BCUT2D eigenvalue weighted by molar-refractivity contribution is 5.97. The van der Waals surface area contributed by atoms with Gasteiger partial charge in [-0.3, -0.25) is 4.79 Å². The molecule has 2 aromatic carbocycles. The Morgan fingerprint density at radius 1 is 1.11 bits per heavy atom. The number of hydrogen-bond acceptors (Lipinski definition) is 5. The van der Waals surface area contributed by atoms with Crippen LogP contribution in [0.3, 0.4) is 0 Å². The van der Waals surface area contributed by atoms with Crippen molar-refractivity contribution in [3.8, 4) is 11.5 Å². The van der Waals surface area contributed by atoms with Gasteiger partial charge in [0.05, 0.1) is 20.8 Å². The van der Waals surface area contributed by atoms with Crippen molar-refractivity contribution in [1.29, 1.82) is 0 Å². The van der Waals surface area contributed by atoms with E-state index >= 15 is 0 Å². The molecule has 28 heavy (non-hydrogen) atoms. The van der Waals surface area contributed by atoms with E-state index in [-0.39, 0.29) is 17.5 Å². The van der Waals surface area contributed by atoms with Crippen LogP contribution in [0.15, 0.2) is 57.7 Å². The van der Waals surface area contributed by atoms with Gasteiger partial charge in [-0.15, -0.1) is 0 Å². The van der Waals surface area contributed by atoms with Crippen LogP contribution in [0.25, 0.3) is 11.0 Å². The van der Waals surface area contributed by atoms with Gasteiger partial charge in [0.15, 0.2) is 0 Å². The molecule has 1 aliphatic carbocycles. The number of carbonyl (C=O) groups excluding carboxylic acids is 1. The quantitative estimate of drug-likeness (QED) is 0.612. The third kappa shape index (κ3) is 3.45. The average Bonchev–Trinajstić information content (AvgIpc) is 3.56. The van der Waals surface area contributed by atoms with Gasteiger partial charge in [-0.2, -0.15) is 0 Å². The molecule has 0 radical (unpaired) electrons. The Kier molecular flexibility index (Phi) is 4.77. The van der Waals surface area contributed by atoms with Gasteiger partial charge in [-0.1, -0.05) is 18.2 Å². The van der Waals surface area contributed by atoms with Gasteiger partial charge < -0.3 is 18.8 Å². The zero-order chi connectivity index (χ0) is 19.7. The fourth-order valence-electron chi connectivity index (χ4n) is 3.31. The smallest absolute Gasteiger partial charge is 0.349 e. The summed E-state index contributed by atoms with van der Waals surface area (Å²) in [4.78, 5) is 27.4. The molecule has 1 fully saturated rings. The molecular weight excluding hydrogens is 358 g/mol.